The Kier molecular flexibility index (Phi) is 14.3. The van der Waals surface area contributed by atoms with Crippen LogP contribution >= 0.6 is 8.58 Å². The quantitative estimate of drug-likeness (QED) is 0.313. The predicted molar refractivity (Wildman–Crippen MR) is 75.2 cm³/mol. The predicted octanol–water partition coefficient (Wildman–Crippen LogP) is 5.73. The fourth-order valence-electron chi connectivity index (χ4n) is 1.65. The smallest absolute Gasteiger partial charge is 0.0319 e. The van der Waals surface area contributed by atoms with E-state index in [-0.39, 0.29) is 0 Å². The fourth-order valence-corrected chi connectivity index (χ4v) is 2.67. The van der Waals surface area contributed by atoms with Crippen molar-refractivity contribution >= 4 is 8.58 Å². The van der Waals surface area contributed by atoms with Crippen molar-refractivity contribution in [2.75, 3.05) is 6.16 Å². The molecule has 15 heavy (non-hydrogen) atoms. The molecular weight excluding hydrogens is 199 g/mol. The van der Waals surface area contributed by atoms with Gasteiger partial charge in [0.2, 0.25) is 0 Å². The van der Waals surface area contributed by atoms with E-state index in [4.69, 9.17) is 0 Å². The van der Waals surface area contributed by atoms with Gasteiger partial charge in [0.05, 0.1) is 0 Å². The highest BCUT2D eigenvalue weighted by atomic mass is 31.1. The summed E-state index contributed by atoms with van der Waals surface area (Å²) in [5.41, 5.74) is 0. The molecule has 0 radical (unpaired) electrons. The second-order valence-electron chi connectivity index (χ2n) is 4.24. The van der Waals surface area contributed by atoms with E-state index in [1.54, 1.807) is 0 Å². The Bertz CT molecular complexity index is 129. The molecule has 0 rings (SSSR count). The third-order valence-corrected chi connectivity index (χ3v) is 3.76. The van der Waals surface area contributed by atoms with E-state index < -0.39 is 0 Å². The van der Waals surface area contributed by atoms with Crippen molar-refractivity contribution in [2.45, 2.75) is 71.6 Å². The maximum absolute atomic E-state index is 2.36. The van der Waals surface area contributed by atoms with E-state index in [1.807, 2.05) is 0 Å². The van der Waals surface area contributed by atoms with Crippen LogP contribution in [0.1, 0.15) is 71.6 Å². The van der Waals surface area contributed by atoms with Crippen LogP contribution in [-0.4, -0.2) is 6.16 Å². The van der Waals surface area contributed by atoms with Gasteiger partial charge in [0.15, 0.2) is 0 Å². The van der Waals surface area contributed by atoms with Crippen LogP contribution in [0.25, 0.3) is 0 Å². The summed E-state index contributed by atoms with van der Waals surface area (Å²) in [6, 6.07) is 0. The van der Waals surface area contributed by atoms with E-state index in [0.717, 1.165) is 8.58 Å². The van der Waals surface area contributed by atoms with Gasteiger partial charge in [-0.3, -0.25) is 0 Å². The number of unbranched alkanes of at least 4 members (excludes halogenated alkanes) is 7. The molecule has 0 N–H and O–H groups in total. The minimum Gasteiger partial charge on any atom is -0.0987 e. The number of allylic oxidation sites excluding steroid dienone is 1. The maximum atomic E-state index is 2.36. The molecule has 0 aliphatic heterocycles. The standard InChI is InChI=1S/C14H29P/c1-3-5-7-8-9-10-11-12-14-15-13-6-4-2/h6,13,15H,3-5,7-12,14H2,1-2H3/b13-6+. The Labute approximate surface area is 98.7 Å². The van der Waals surface area contributed by atoms with Crippen molar-refractivity contribution in [1.82, 2.24) is 0 Å². The van der Waals surface area contributed by atoms with Gasteiger partial charge in [-0.25, -0.2) is 0 Å². The molecule has 0 fully saturated rings. The fraction of sp³-hybridized carbons (Fsp3) is 0.857. The normalized spacial score (nSPS) is 12.1. The van der Waals surface area contributed by atoms with Gasteiger partial charge < -0.3 is 0 Å². The first-order chi connectivity index (χ1) is 7.41. The zero-order valence-electron chi connectivity index (χ0n) is 10.7. The van der Waals surface area contributed by atoms with E-state index in [9.17, 15) is 0 Å². The van der Waals surface area contributed by atoms with Crippen LogP contribution in [0.4, 0.5) is 0 Å². The van der Waals surface area contributed by atoms with E-state index in [2.05, 4.69) is 25.7 Å². The van der Waals surface area contributed by atoms with Gasteiger partial charge in [-0.15, -0.1) is 0 Å². The largest absolute Gasteiger partial charge is 0.0987 e. The highest BCUT2D eigenvalue weighted by Gasteiger charge is 1.90. The molecule has 0 amide bonds. The van der Waals surface area contributed by atoms with Crippen LogP contribution in [0.2, 0.25) is 0 Å². The topological polar surface area (TPSA) is 0 Å². The van der Waals surface area contributed by atoms with E-state index in [1.165, 1.54) is 63.9 Å². The molecule has 0 aliphatic carbocycles. The molecule has 0 heterocycles. The van der Waals surface area contributed by atoms with Crippen LogP contribution < -0.4 is 0 Å². The van der Waals surface area contributed by atoms with Gasteiger partial charge in [-0.2, -0.15) is 0 Å². The molecule has 0 saturated heterocycles. The Morgan fingerprint density at radius 3 is 2.00 bits per heavy atom. The third kappa shape index (κ3) is 14.2. The number of hydrogen-bond acceptors (Lipinski definition) is 0. The van der Waals surface area contributed by atoms with Crippen LogP contribution in [-0.2, 0) is 0 Å². The first-order valence-corrected chi connectivity index (χ1v) is 8.08. The van der Waals surface area contributed by atoms with Crippen LogP contribution in [0.5, 0.6) is 0 Å². The molecule has 1 heteroatoms. The van der Waals surface area contributed by atoms with Crippen molar-refractivity contribution in [3.63, 3.8) is 0 Å². The monoisotopic (exact) mass is 228 g/mol. The average molecular weight is 228 g/mol. The highest BCUT2D eigenvalue weighted by Crippen LogP contribution is 2.16. The second kappa shape index (κ2) is 14.2. The summed E-state index contributed by atoms with van der Waals surface area (Å²) in [6.45, 7) is 4.49. The summed E-state index contributed by atoms with van der Waals surface area (Å²) < 4.78 is 0. The molecular formula is C14H29P. The number of rotatable bonds is 11. The SMILES string of the molecule is CC/C=C/PCCCCCCCCCC. The Balaban J connectivity index is 2.89. The molecule has 0 aromatic heterocycles. The van der Waals surface area contributed by atoms with Gasteiger partial charge >= 0.3 is 0 Å². The lowest BCUT2D eigenvalue weighted by atomic mass is 10.1. The summed E-state index contributed by atoms with van der Waals surface area (Å²) in [5.74, 6) is 2.36. The lowest BCUT2D eigenvalue weighted by Crippen LogP contribution is -1.81. The summed E-state index contributed by atoms with van der Waals surface area (Å²) >= 11 is 0. The Morgan fingerprint density at radius 2 is 1.40 bits per heavy atom. The average Bonchev–Trinajstić information content (AvgIpc) is 2.26. The van der Waals surface area contributed by atoms with Crippen molar-refractivity contribution < 1.29 is 0 Å². The molecule has 0 nitrogen and oxygen atoms in total. The van der Waals surface area contributed by atoms with Crippen molar-refractivity contribution in [1.29, 1.82) is 0 Å². The van der Waals surface area contributed by atoms with Gasteiger partial charge in [0.25, 0.3) is 0 Å². The minimum absolute atomic E-state index is 1.07. The van der Waals surface area contributed by atoms with E-state index in [0.29, 0.717) is 0 Å². The Hall–Kier alpha value is 0.170. The van der Waals surface area contributed by atoms with Gasteiger partial charge in [-0.1, -0.05) is 79.3 Å². The molecule has 0 saturated carbocycles. The van der Waals surface area contributed by atoms with Crippen LogP contribution in [0, 0.1) is 0 Å². The van der Waals surface area contributed by atoms with Crippen molar-refractivity contribution in [3.8, 4) is 0 Å². The minimum atomic E-state index is 1.07. The summed E-state index contributed by atoms with van der Waals surface area (Å²) in [6.07, 6.45) is 16.5. The Morgan fingerprint density at radius 1 is 0.800 bits per heavy atom. The first kappa shape index (κ1) is 15.2. The lowest BCUT2D eigenvalue weighted by molar-refractivity contribution is 0.586. The second-order valence-corrected chi connectivity index (χ2v) is 5.48. The zero-order valence-corrected chi connectivity index (χ0v) is 11.7. The van der Waals surface area contributed by atoms with Crippen LogP contribution in [0.3, 0.4) is 0 Å². The third-order valence-electron chi connectivity index (χ3n) is 2.65. The van der Waals surface area contributed by atoms with Gasteiger partial charge in [-0.05, 0) is 19.0 Å². The molecule has 1 atom stereocenters. The van der Waals surface area contributed by atoms with Gasteiger partial charge in [0, 0.05) is 0 Å². The maximum Gasteiger partial charge on any atom is -0.0319 e. The van der Waals surface area contributed by atoms with Gasteiger partial charge in [0.1, 0.15) is 0 Å². The summed E-state index contributed by atoms with van der Waals surface area (Å²) in [4.78, 5) is 0. The van der Waals surface area contributed by atoms with Crippen molar-refractivity contribution in [2.24, 2.45) is 0 Å². The van der Waals surface area contributed by atoms with Crippen LogP contribution in [0.15, 0.2) is 11.9 Å². The molecule has 0 aromatic rings. The molecule has 0 aliphatic rings. The summed E-state index contributed by atoms with van der Waals surface area (Å²) in [5, 5.41) is 0. The molecule has 0 bridgehead atoms. The molecule has 0 spiro atoms. The summed E-state index contributed by atoms with van der Waals surface area (Å²) in [7, 11) is 1.07. The number of hydrogen-bond donors (Lipinski definition) is 0. The highest BCUT2D eigenvalue weighted by molar-refractivity contribution is 7.41. The molecule has 1 unspecified atom stereocenters. The molecule has 90 valence electrons. The van der Waals surface area contributed by atoms with Crippen molar-refractivity contribution in [3.05, 3.63) is 11.9 Å². The zero-order chi connectivity index (χ0) is 11.2. The first-order valence-electron chi connectivity index (χ1n) is 6.80. The van der Waals surface area contributed by atoms with E-state index >= 15 is 0 Å². The molecule has 0 aromatic carbocycles. The lowest BCUT2D eigenvalue weighted by Gasteiger charge is -2.00.